The molecule has 9 nitrogen and oxygen atoms in total. The van der Waals surface area contributed by atoms with E-state index in [4.69, 9.17) is 9.47 Å². The maximum absolute atomic E-state index is 11.7. The van der Waals surface area contributed by atoms with Gasteiger partial charge in [-0.15, -0.1) is 0 Å². The first-order valence-electron chi connectivity index (χ1n) is 16.2. The molecule has 41 heavy (non-hydrogen) atoms. The highest BCUT2D eigenvalue weighted by Crippen LogP contribution is 2.69. The summed E-state index contributed by atoms with van der Waals surface area (Å²) in [6.45, 7) is 10.8. The molecule has 9 heteroatoms. The van der Waals surface area contributed by atoms with Gasteiger partial charge in [0.25, 0.3) is 0 Å². The van der Waals surface area contributed by atoms with Crippen LogP contribution < -0.4 is 0 Å². The zero-order valence-electron chi connectivity index (χ0n) is 25.6. The Labute approximate surface area is 245 Å². The van der Waals surface area contributed by atoms with Crippen molar-refractivity contribution in [3.05, 3.63) is 0 Å². The van der Waals surface area contributed by atoms with Crippen molar-refractivity contribution in [3.63, 3.8) is 0 Å². The lowest BCUT2D eigenvalue weighted by atomic mass is 9.42. The summed E-state index contributed by atoms with van der Waals surface area (Å²) in [5.74, 6) is 1.19. The number of aliphatic hydroxyl groups excluding tert-OH is 6. The van der Waals surface area contributed by atoms with Crippen LogP contribution in [0.25, 0.3) is 0 Å². The van der Waals surface area contributed by atoms with Gasteiger partial charge in [0.2, 0.25) is 0 Å². The van der Waals surface area contributed by atoms with Gasteiger partial charge in [-0.1, -0.05) is 34.6 Å². The summed E-state index contributed by atoms with van der Waals surface area (Å²) in [7, 11) is 0. The van der Waals surface area contributed by atoms with E-state index in [1.54, 1.807) is 0 Å². The topological polar surface area (TPSA) is 160 Å². The van der Waals surface area contributed by atoms with Crippen LogP contribution in [0.4, 0.5) is 0 Å². The summed E-state index contributed by atoms with van der Waals surface area (Å²) in [6, 6.07) is 0. The zero-order valence-corrected chi connectivity index (χ0v) is 25.6. The SMILES string of the molecule is CC(C)C(CC[C@@H](C)[C@H]1C[C@H](O)[C@H]2[C@@H]3C[C@@H](O)[C@@]4(O)C[C@@H](O)CC[C@]4(C)[C@H]3CC[C@@]21C)O[C@@H]1OC[C@@H](O)[C@H](O)[C@H]1O. The zero-order chi connectivity index (χ0) is 30.1. The van der Waals surface area contributed by atoms with Gasteiger partial charge in [0.05, 0.1) is 36.6 Å². The van der Waals surface area contributed by atoms with E-state index in [2.05, 4.69) is 34.6 Å². The molecule has 0 aromatic carbocycles. The predicted octanol–water partition coefficient (Wildman–Crippen LogP) is 1.96. The molecular weight excluding hydrogens is 528 g/mol. The summed E-state index contributed by atoms with van der Waals surface area (Å²) in [6.07, 6.45) is -0.575. The lowest BCUT2D eigenvalue weighted by Crippen LogP contribution is -2.69. The molecule has 0 spiro atoms. The number of hydrogen-bond donors (Lipinski definition) is 7. The molecule has 7 N–H and O–H groups in total. The molecule has 5 rings (SSSR count). The van der Waals surface area contributed by atoms with E-state index in [0.717, 1.165) is 32.1 Å². The van der Waals surface area contributed by atoms with Crippen molar-refractivity contribution >= 4 is 0 Å². The molecule has 1 aliphatic heterocycles. The van der Waals surface area contributed by atoms with Crippen LogP contribution >= 0.6 is 0 Å². The molecule has 0 aromatic rings. The van der Waals surface area contributed by atoms with Crippen LogP contribution in [0, 0.1) is 46.3 Å². The minimum absolute atomic E-state index is 0.0624. The van der Waals surface area contributed by atoms with E-state index in [9.17, 15) is 35.7 Å². The number of rotatable bonds is 7. The van der Waals surface area contributed by atoms with Gasteiger partial charge in [-0.05, 0) is 92.3 Å². The fourth-order valence-electron chi connectivity index (χ4n) is 10.5. The fourth-order valence-corrected chi connectivity index (χ4v) is 10.5. The van der Waals surface area contributed by atoms with E-state index in [-0.39, 0.29) is 48.2 Å². The van der Waals surface area contributed by atoms with Gasteiger partial charge >= 0.3 is 0 Å². The van der Waals surface area contributed by atoms with E-state index in [1.165, 1.54) is 0 Å². The molecule has 0 radical (unpaired) electrons. The van der Waals surface area contributed by atoms with Crippen LogP contribution in [-0.4, -0.2) is 97.0 Å². The normalized spacial score (nSPS) is 53.3. The van der Waals surface area contributed by atoms with Gasteiger partial charge in [0.1, 0.15) is 18.3 Å². The maximum Gasteiger partial charge on any atom is 0.186 e. The summed E-state index contributed by atoms with van der Waals surface area (Å²) in [5.41, 5.74) is -1.83. The molecule has 1 unspecified atom stereocenters. The largest absolute Gasteiger partial charge is 0.393 e. The molecule has 0 bridgehead atoms. The first-order chi connectivity index (χ1) is 19.1. The summed E-state index contributed by atoms with van der Waals surface area (Å²) < 4.78 is 11.7. The predicted molar refractivity (Wildman–Crippen MR) is 151 cm³/mol. The van der Waals surface area contributed by atoms with Gasteiger partial charge in [-0.3, -0.25) is 0 Å². The van der Waals surface area contributed by atoms with Gasteiger partial charge in [0, 0.05) is 11.8 Å². The second kappa shape index (κ2) is 11.5. The average molecular weight is 585 g/mol. The van der Waals surface area contributed by atoms with E-state index in [0.29, 0.717) is 31.1 Å². The number of fused-ring (bicyclic) bond motifs is 5. The lowest BCUT2D eigenvalue weighted by Gasteiger charge is -2.65. The van der Waals surface area contributed by atoms with Crippen molar-refractivity contribution in [1.29, 1.82) is 0 Å². The molecule has 0 amide bonds. The number of hydrogen-bond acceptors (Lipinski definition) is 9. The number of aliphatic hydroxyl groups is 7. The van der Waals surface area contributed by atoms with Gasteiger partial charge in [-0.2, -0.15) is 0 Å². The summed E-state index contributed by atoms with van der Waals surface area (Å²) in [5, 5.41) is 75.2. The minimum Gasteiger partial charge on any atom is -0.393 e. The van der Waals surface area contributed by atoms with Crippen LogP contribution in [-0.2, 0) is 9.47 Å². The Morgan fingerprint density at radius 1 is 0.878 bits per heavy atom. The monoisotopic (exact) mass is 584 g/mol. The van der Waals surface area contributed by atoms with Crippen molar-refractivity contribution in [2.45, 2.75) is 147 Å². The Morgan fingerprint density at radius 2 is 1.59 bits per heavy atom. The van der Waals surface area contributed by atoms with Crippen LogP contribution in [0.15, 0.2) is 0 Å². The standard InChI is InChI=1S/C32H56O9/c1-16(2)24(41-29-28(38)27(37)23(35)15-40-29)7-6-17(3)21-13-22(34)26-19-12-25(36)32(39)14-18(33)8-11-31(32,5)20(19)9-10-30(21,26)4/h16-29,33-39H,6-15H2,1-5H3/t17-,18+,19-,20+,21-,22+,23-,24?,25-,26-,27+,28-,29+,30-,31-,32+/m1/s1. The smallest absolute Gasteiger partial charge is 0.186 e. The molecule has 16 atom stereocenters. The molecular formula is C32H56O9. The fraction of sp³-hybridized carbons (Fsp3) is 1.00. The van der Waals surface area contributed by atoms with Crippen LogP contribution in [0.3, 0.4) is 0 Å². The molecule has 4 saturated carbocycles. The first kappa shape index (κ1) is 32.0. The molecule has 1 heterocycles. The average Bonchev–Trinajstić information content (AvgIpc) is 3.18. The maximum atomic E-state index is 11.7. The van der Waals surface area contributed by atoms with E-state index < -0.39 is 53.9 Å². The summed E-state index contributed by atoms with van der Waals surface area (Å²) >= 11 is 0. The molecule has 4 aliphatic carbocycles. The third-order valence-corrected chi connectivity index (χ3v) is 13.0. The van der Waals surface area contributed by atoms with Gasteiger partial charge < -0.3 is 45.2 Å². The second-order valence-corrected chi connectivity index (χ2v) is 15.5. The van der Waals surface area contributed by atoms with Crippen molar-refractivity contribution in [1.82, 2.24) is 0 Å². The highest BCUT2D eigenvalue weighted by Gasteiger charge is 2.68. The van der Waals surface area contributed by atoms with Crippen molar-refractivity contribution < 1.29 is 45.2 Å². The molecule has 5 fully saturated rings. The summed E-state index contributed by atoms with van der Waals surface area (Å²) in [4.78, 5) is 0. The van der Waals surface area contributed by atoms with Crippen LogP contribution in [0.2, 0.25) is 0 Å². The second-order valence-electron chi connectivity index (χ2n) is 15.5. The highest BCUT2D eigenvalue weighted by molar-refractivity contribution is 5.18. The molecule has 1 saturated heterocycles. The van der Waals surface area contributed by atoms with Crippen molar-refractivity contribution in [3.8, 4) is 0 Å². The Balaban J connectivity index is 1.27. The minimum atomic E-state index is -1.31. The van der Waals surface area contributed by atoms with Crippen LogP contribution in [0.5, 0.6) is 0 Å². The molecule has 5 aliphatic rings. The molecule has 238 valence electrons. The third-order valence-electron chi connectivity index (χ3n) is 13.0. The quantitative estimate of drug-likeness (QED) is 0.237. The lowest BCUT2D eigenvalue weighted by molar-refractivity contribution is -0.287. The van der Waals surface area contributed by atoms with E-state index >= 15 is 0 Å². The number of ether oxygens (including phenoxy) is 2. The Kier molecular flexibility index (Phi) is 9.01. The van der Waals surface area contributed by atoms with Gasteiger partial charge in [-0.25, -0.2) is 0 Å². The first-order valence-corrected chi connectivity index (χ1v) is 16.2. The van der Waals surface area contributed by atoms with Crippen molar-refractivity contribution in [2.24, 2.45) is 46.3 Å². The van der Waals surface area contributed by atoms with Gasteiger partial charge in [0.15, 0.2) is 6.29 Å². The Hall–Kier alpha value is -0.360. The Morgan fingerprint density at radius 3 is 2.27 bits per heavy atom. The van der Waals surface area contributed by atoms with E-state index in [1.807, 2.05) is 0 Å². The van der Waals surface area contributed by atoms with Crippen molar-refractivity contribution in [2.75, 3.05) is 6.61 Å². The van der Waals surface area contributed by atoms with Crippen LogP contribution in [0.1, 0.15) is 92.4 Å². The third kappa shape index (κ3) is 5.23. The Bertz CT molecular complexity index is 918. The molecule has 0 aromatic heterocycles. The highest BCUT2D eigenvalue weighted by atomic mass is 16.7.